The molecule has 1 saturated heterocycles. The topological polar surface area (TPSA) is 87.3 Å². The van der Waals surface area contributed by atoms with Gasteiger partial charge in [0.15, 0.2) is 0 Å². The first-order valence-corrected chi connectivity index (χ1v) is 8.12. The molecular weight excluding hydrogens is 326 g/mol. The molecule has 1 aromatic carbocycles. The van der Waals surface area contributed by atoms with Crippen molar-refractivity contribution in [1.82, 2.24) is 10.6 Å². The molecule has 0 unspecified atom stereocenters. The molecule has 3 N–H and O–H groups in total. The van der Waals surface area contributed by atoms with Gasteiger partial charge in [-0.05, 0) is 42.1 Å². The van der Waals surface area contributed by atoms with Crippen LogP contribution in [0.1, 0.15) is 17.4 Å². The lowest BCUT2D eigenvalue weighted by Gasteiger charge is -2.21. The van der Waals surface area contributed by atoms with E-state index in [1.165, 1.54) is 17.4 Å². The van der Waals surface area contributed by atoms with Crippen molar-refractivity contribution in [3.05, 3.63) is 58.3 Å². The summed E-state index contributed by atoms with van der Waals surface area (Å²) >= 11 is 1.54. The first kappa shape index (κ1) is 15.9. The number of nitrogens with one attached hydrogen (secondary N) is 3. The first-order chi connectivity index (χ1) is 11.5. The first-order valence-electron chi connectivity index (χ1n) is 7.24. The maximum atomic E-state index is 12.0. The van der Waals surface area contributed by atoms with Gasteiger partial charge in [0.05, 0.1) is 0 Å². The molecule has 1 aliphatic heterocycles. The van der Waals surface area contributed by atoms with Crippen LogP contribution in [0.25, 0.3) is 6.08 Å². The van der Waals surface area contributed by atoms with Crippen molar-refractivity contribution in [2.24, 2.45) is 0 Å². The minimum absolute atomic E-state index is 0.273. The smallest absolute Gasteiger partial charge is 0.322 e. The van der Waals surface area contributed by atoms with E-state index in [-0.39, 0.29) is 5.91 Å². The number of rotatable bonds is 4. The second-order valence-corrected chi connectivity index (χ2v) is 6.43. The second kappa shape index (κ2) is 6.29. The molecule has 6 nitrogen and oxygen atoms in total. The lowest BCUT2D eigenvalue weighted by Crippen LogP contribution is -2.40. The number of imide groups is 1. The van der Waals surface area contributed by atoms with Gasteiger partial charge in [-0.25, -0.2) is 4.79 Å². The van der Waals surface area contributed by atoms with E-state index in [4.69, 9.17) is 0 Å². The molecule has 4 amide bonds. The lowest BCUT2D eigenvalue weighted by molar-refractivity contribution is -0.123. The Balaban J connectivity index is 1.75. The maximum Gasteiger partial charge on any atom is 0.322 e. The van der Waals surface area contributed by atoms with Crippen LogP contribution >= 0.6 is 11.3 Å². The summed E-state index contributed by atoms with van der Waals surface area (Å²) in [5.41, 5.74) is -0.0145. The predicted octanol–water partition coefficient (Wildman–Crippen LogP) is 2.45. The zero-order valence-electron chi connectivity index (χ0n) is 12.8. The van der Waals surface area contributed by atoms with Crippen molar-refractivity contribution in [3.8, 4) is 0 Å². The zero-order valence-corrected chi connectivity index (χ0v) is 13.6. The van der Waals surface area contributed by atoms with Gasteiger partial charge in [-0.3, -0.25) is 14.9 Å². The molecule has 24 heavy (non-hydrogen) atoms. The average molecular weight is 341 g/mol. The molecule has 0 saturated carbocycles. The number of hydrogen-bond donors (Lipinski definition) is 3. The summed E-state index contributed by atoms with van der Waals surface area (Å²) in [6.45, 7) is 1.62. The minimum Gasteiger partial charge on any atom is -0.323 e. The Hall–Kier alpha value is -2.93. The van der Waals surface area contributed by atoms with Gasteiger partial charge in [-0.15, -0.1) is 11.3 Å². The van der Waals surface area contributed by atoms with Crippen molar-refractivity contribution in [3.63, 3.8) is 0 Å². The Bertz CT molecular complexity index is 829. The number of carbonyl (C=O) groups excluding carboxylic acids is 3. The Kier molecular flexibility index (Phi) is 4.18. The number of carbonyl (C=O) groups is 3. The third kappa shape index (κ3) is 3.21. The van der Waals surface area contributed by atoms with Gasteiger partial charge >= 0.3 is 6.03 Å². The van der Waals surface area contributed by atoms with Gasteiger partial charge < -0.3 is 10.6 Å². The van der Waals surface area contributed by atoms with E-state index in [9.17, 15) is 14.4 Å². The van der Waals surface area contributed by atoms with Gasteiger partial charge in [0.2, 0.25) is 5.91 Å². The Morgan fingerprint density at radius 2 is 2.08 bits per heavy atom. The number of hydrogen-bond acceptors (Lipinski definition) is 4. The fraction of sp³-hybridized carbons (Fsp3) is 0.118. The van der Waals surface area contributed by atoms with E-state index in [1.54, 1.807) is 37.3 Å². The molecule has 1 atom stereocenters. The third-order valence-electron chi connectivity index (χ3n) is 3.69. The zero-order chi connectivity index (χ0) is 17.2. The summed E-state index contributed by atoms with van der Waals surface area (Å²) < 4.78 is 0. The molecule has 122 valence electrons. The predicted molar refractivity (Wildman–Crippen MR) is 92.5 cm³/mol. The summed E-state index contributed by atoms with van der Waals surface area (Å²) in [6, 6.07) is 10.1. The summed E-state index contributed by atoms with van der Waals surface area (Å²) in [7, 11) is 0. The lowest BCUT2D eigenvalue weighted by atomic mass is 9.92. The van der Waals surface area contributed by atoms with Crippen LogP contribution in [0.5, 0.6) is 0 Å². The highest BCUT2D eigenvalue weighted by Crippen LogP contribution is 2.26. The van der Waals surface area contributed by atoms with Crippen molar-refractivity contribution >= 4 is 40.9 Å². The third-order valence-corrected chi connectivity index (χ3v) is 4.53. The largest absolute Gasteiger partial charge is 0.323 e. The molecule has 2 aromatic rings. The van der Waals surface area contributed by atoms with E-state index >= 15 is 0 Å². The van der Waals surface area contributed by atoms with Crippen LogP contribution in [0.4, 0.5) is 10.5 Å². The molecule has 0 aliphatic carbocycles. The molecule has 3 rings (SSSR count). The molecular formula is C17H15N3O3S. The van der Waals surface area contributed by atoms with Gasteiger partial charge in [-0.1, -0.05) is 18.2 Å². The maximum absolute atomic E-state index is 12.0. The minimum atomic E-state index is -1.15. The highest BCUT2D eigenvalue weighted by molar-refractivity contribution is 7.10. The fourth-order valence-electron chi connectivity index (χ4n) is 2.38. The number of anilines is 1. The van der Waals surface area contributed by atoms with Crippen LogP contribution in [-0.2, 0) is 15.1 Å². The highest BCUT2D eigenvalue weighted by Gasteiger charge is 2.43. The molecule has 1 fully saturated rings. The van der Waals surface area contributed by atoms with Gasteiger partial charge in [0, 0.05) is 16.6 Å². The molecule has 1 aliphatic rings. The van der Waals surface area contributed by atoms with Gasteiger partial charge in [0.1, 0.15) is 5.54 Å². The Labute approximate surface area is 142 Å². The fourth-order valence-corrected chi connectivity index (χ4v) is 3.00. The second-order valence-electron chi connectivity index (χ2n) is 5.45. The summed E-state index contributed by atoms with van der Waals surface area (Å²) in [5, 5.41) is 9.49. The molecule has 7 heteroatoms. The van der Waals surface area contributed by atoms with Crippen molar-refractivity contribution < 1.29 is 14.4 Å². The van der Waals surface area contributed by atoms with Crippen LogP contribution in [0, 0.1) is 0 Å². The standard InChI is InChI=1S/C17H15N3O3S/c1-17(15(22)19-16(23)20-17)11-4-2-5-12(10-11)18-14(21)8-7-13-6-3-9-24-13/h2-10H,1H3,(H,18,21)(H2,19,20,22,23)/b8-7-/t17-/m0/s1. The SMILES string of the molecule is C[C@@]1(c2cccc(NC(=O)/C=C\c3cccs3)c2)NC(=O)NC1=O. The quantitative estimate of drug-likeness (QED) is 0.590. The van der Waals surface area contributed by atoms with Crippen LogP contribution in [0.2, 0.25) is 0 Å². The molecule has 0 bridgehead atoms. The van der Waals surface area contributed by atoms with Crippen LogP contribution in [0.15, 0.2) is 47.9 Å². The van der Waals surface area contributed by atoms with E-state index < -0.39 is 17.5 Å². The van der Waals surface area contributed by atoms with E-state index in [0.717, 1.165) is 4.88 Å². The molecule has 2 heterocycles. The van der Waals surface area contributed by atoms with E-state index in [2.05, 4.69) is 16.0 Å². The van der Waals surface area contributed by atoms with E-state index in [0.29, 0.717) is 11.3 Å². The highest BCUT2D eigenvalue weighted by atomic mass is 32.1. The summed E-state index contributed by atoms with van der Waals surface area (Å²) in [6.07, 6.45) is 3.18. The van der Waals surface area contributed by atoms with Crippen molar-refractivity contribution in [2.75, 3.05) is 5.32 Å². The normalized spacial score (nSPS) is 20.0. The number of thiophene rings is 1. The number of urea groups is 1. The van der Waals surface area contributed by atoms with Gasteiger partial charge in [-0.2, -0.15) is 0 Å². The Morgan fingerprint density at radius 1 is 1.25 bits per heavy atom. The van der Waals surface area contributed by atoms with Crippen LogP contribution in [-0.4, -0.2) is 17.8 Å². The number of amides is 4. The monoisotopic (exact) mass is 341 g/mol. The molecule has 0 spiro atoms. The Morgan fingerprint density at radius 3 is 2.75 bits per heavy atom. The van der Waals surface area contributed by atoms with Crippen molar-refractivity contribution in [2.45, 2.75) is 12.5 Å². The van der Waals surface area contributed by atoms with Crippen molar-refractivity contribution in [1.29, 1.82) is 0 Å². The van der Waals surface area contributed by atoms with E-state index in [1.807, 2.05) is 17.5 Å². The van der Waals surface area contributed by atoms with Crippen LogP contribution in [0.3, 0.4) is 0 Å². The number of benzene rings is 1. The molecule has 0 radical (unpaired) electrons. The molecule has 1 aromatic heterocycles. The summed E-state index contributed by atoms with van der Waals surface area (Å²) in [4.78, 5) is 36.3. The van der Waals surface area contributed by atoms with Gasteiger partial charge in [0.25, 0.3) is 5.91 Å². The average Bonchev–Trinajstić information content (AvgIpc) is 3.14. The van der Waals surface area contributed by atoms with Crippen LogP contribution < -0.4 is 16.0 Å². The summed E-state index contributed by atoms with van der Waals surface area (Å²) in [5.74, 6) is -0.695.